The second-order valence-corrected chi connectivity index (χ2v) is 6.11. The Kier molecular flexibility index (Phi) is 6.46. The van der Waals surface area contributed by atoms with E-state index < -0.39 is 0 Å². The molecule has 1 N–H and O–H groups in total. The Hall–Kier alpha value is -2.57. The number of nitrogens with zero attached hydrogens (tertiary/aromatic N) is 2. The number of anilines is 1. The van der Waals surface area contributed by atoms with Crippen LogP contribution in [0.4, 0.5) is 5.69 Å². The Morgan fingerprint density at radius 2 is 2.04 bits per heavy atom. The van der Waals surface area contributed by atoms with Crippen LogP contribution in [0.3, 0.4) is 0 Å². The lowest BCUT2D eigenvalue weighted by Crippen LogP contribution is -2.25. The van der Waals surface area contributed by atoms with Crippen LogP contribution in [0.25, 0.3) is 0 Å². The van der Waals surface area contributed by atoms with Gasteiger partial charge in [-0.25, -0.2) is 4.68 Å². The van der Waals surface area contributed by atoms with Gasteiger partial charge in [0.25, 0.3) is 5.56 Å². The molecule has 0 saturated heterocycles. The van der Waals surface area contributed by atoms with Crippen LogP contribution < -0.4 is 10.9 Å². The van der Waals surface area contributed by atoms with Gasteiger partial charge in [0.05, 0.1) is 24.7 Å². The summed E-state index contributed by atoms with van der Waals surface area (Å²) in [5, 5.41) is 7.47. The molecule has 0 spiro atoms. The van der Waals surface area contributed by atoms with Gasteiger partial charge in [0.15, 0.2) is 0 Å². The van der Waals surface area contributed by atoms with E-state index in [9.17, 15) is 4.79 Å². The van der Waals surface area contributed by atoms with Gasteiger partial charge in [-0.3, -0.25) is 4.79 Å². The molecule has 0 aliphatic rings. The van der Waals surface area contributed by atoms with Crippen molar-refractivity contribution in [2.24, 2.45) is 0 Å². The highest BCUT2D eigenvalue weighted by Crippen LogP contribution is 2.15. The number of aromatic nitrogens is 2. The zero-order valence-corrected chi connectivity index (χ0v) is 15.0. The molecular weight excluding hydrogens is 354 g/mol. The van der Waals surface area contributed by atoms with E-state index >= 15 is 0 Å². The topological polar surface area (TPSA) is 69.3 Å². The first kappa shape index (κ1) is 18.2. The van der Waals surface area contributed by atoms with E-state index in [-0.39, 0.29) is 10.6 Å². The molecule has 2 aromatic heterocycles. The van der Waals surface area contributed by atoms with Gasteiger partial charge in [0.1, 0.15) is 17.4 Å². The molecule has 0 unspecified atom stereocenters. The normalized spacial score (nSPS) is 10.8. The lowest BCUT2D eigenvalue weighted by molar-refractivity contribution is 0.106. The Labute approximate surface area is 156 Å². The average molecular weight is 374 g/mol. The highest BCUT2D eigenvalue weighted by molar-refractivity contribution is 6.32. The predicted octanol–water partition coefficient (Wildman–Crippen LogP) is 3.56. The summed E-state index contributed by atoms with van der Waals surface area (Å²) in [5.41, 5.74) is 1.22. The third-order valence-corrected chi connectivity index (χ3v) is 4.13. The van der Waals surface area contributed by atoms with Crippen LogP contribution in [0, 0.1) is 0 Å². The lowest BCUT2D eigenvalue weighted by atomic mass is 10.2. The molecule has 136 valence electrons. The van der Waals surface area contributed by atoms with E-state index in [1.54, 1.807) is 12.5 Å². The number of furan rings is 1. The lowest BCUT2D eigenvalue weighted by Gasteiger charge is -2.10. The van der Waals surface area contributed by atoms with Crippen LogP contribution in [0.1, 0.15) is 17.7 Å². The van der Waals surface area contributed by atoms with Crippen molar-refractivity contribution < 1.29 is 9.15 Å². The van der Waals surface area contributed by atoms with Crippen LogP contribution in [0.5, 0.6) is 0 Å². The van der Waals surface area contributed by atoms with E-state index in [0.717, 1.165) is 17.7 Å². The van der Waals surface area contributed by atoms with Gasteiger partial charge < -0.3 is 14.5 Å². The summed E-state index contributed by atoms with van der Waals surface area (Å²) in [4.78, 5) is 12.4. The van der Waals surface area contributed by atoms with Gasteiger partial charge in [0.2, 0.25) is 0 Å². The number of ether oxygens (including phenoxy) is 1. The fraction of sp³-hybridized carbons (Fsp3) is 0.263. The summed E-state index contributed by atoms with van der Waals surface area (Å²) >= 11 is 6.19. The van der Waals surface area contributed by atoms with E-state index in [4.69, 9.17) is 20.8 Å². The van der Waals surface area contributed by atoms with Gasteiger partial charge in [0, 0.05) is 13.2 Å². The zero-order chi connectivity index (χ0) is 18.2. The molecule has 0 aliphatic heterocycles. The molecule has 7 heteroatoms. The maximum Gasteiger partial charge on any atom is 0.287 e. The zero-order valence-electron chi connectivity index (χ0n) is 14.2. The molecule has 0 radical (unpaired) electrons. The van der Waals surface area contributed by atoms with Crippen LogP contribution in [0.2, 0.25) is 5.02 Å². The number of hydrogen-bond donors (Lipinski definition) is 1. The second-order valence-electron chi connectivity index (χ2n) is 5.73. The Balaban J connectivity index is 1.47. The first-order valence-corrected chi connectivity index (χ1v) is 8.75. The average Bonchev–Trinajstić information content (AvgIpc) is 3.18. The van der Waals surface area contributed by atoms with Crippen molar-refractivity contribution in [1.82, 2.24) is 9.78 Å². The smallest absolute Gasteiger partial charge is 0.287 e. The summed E-state index contributed by atoms with van der Waals surface area (Å²) in [5.74, 6) is 0.798. The maximum atomic E-state index is 12.4. The Bertz CT molecular complexity index is 863. The van der Waals surface area contributed by atoms with Crippen molar-refractivity contribution in [2.75, 3.05) is 18.5 Å². The van der Waals surface area contributed by atoms with Gasteiger partial charge in [-0.15, -0.1) is 0 Å². The fourth-order valence-corrected chi connectivity index (χ4v) is 2.64. The molecule has 6 nitrogen and oxygen atoms in total. The van der Waals surface area contributed by atoms with Crippen molar-refractivity contribution in [3.05, 3.63) is 81.6 Å². The Morgan fingerprint density at radius 1 is 1.19 bits per heavy atom. The highest BCUT2D eigenvalue weighted by Gasteiger charge is 2.09. The minimum atomic E-state index is -0.311. The molecule has 0 saturated carbocycles. The number of hydrogen-bond acceptors (Lipinski definition) is 5. The maximum absolute atomic E-state index is 12.4. The summed E-state index contributed by atoms with van der Waals surface area (Å²) in [7, 11) is 0. The molecule has 0 aliphatic carbocycles. The fourth-order valence-electron chi connectivity index (χ4n) is 2.42. The van der Waals surface area contributed by atoms with E-state index in [1.165, 1.54) is 4.68 Å². The SMILES string of the molecule is O=c1c(Cl)c(NCCCOCc2ccco2)cnn1Cc1ccccc1. The quantitative estimate of drug-likeness (QED) is 0.581. The molecule has 2 heterocycles. The van der Waals surface area contributed by atoms with Crippen molar-refractivity contribution in [2.45, 2.75) is 19.6 Å². The van der Waals surface area contributed by atoms with Gasteiger partial charge in [-0.2, -0.15) is 5.10 Å². The summed E-state index contributed by atoms with van der Waals surface area (Å²) in [6, 6.07) is 13.4. The van der Waals surface area contributed by atoms with Gasteiger partial charge >= 0.3 is 0 Å². The van der Waals surface area contributed by atoms with Crippen LogP contribution in [-0.4, -0.2) is 22.9 Å². The molecular formula is C19H20ClN3O3. The standard InChI is InChI=1S/C19H20ClN3O3/c20-18-17(21-9-5-10-25-14-16-8-4-11-26-16)12-22-23(19(18)24)13-15-6-2-1-3-7-15/h1-4,6-8,11-12,21H,5,9-10,13-14H2. The first-order chi connectivity index (χ1) is 12.7. The van der Waals surface area contributed by atoms with Crippen LogP contribution in [0.15, 0.2) is 64.1 Å². The molecule has 3 aromatic rings. The number of nitrogens with one attached hydrogen (secondary N) is 1. The number of rotatable bonds is 9. The van der Waals surface area contributed by atoms with Crippen LogP contribution >= 0.6 is 11.6 Å². The minimum absolute atomic E-state index is 0.146. The minimum Gasteiger partial charge on any atom is -0.467 e. The first-order valence-electron chi connectivity index (χ1n) is 8.37. The summed E-state index contributed by atoms with van der Waals surface area (Å²) in [6.45, 7) is 2.04. The summed E-state index contributed by atoms with van der Waals surface area (Å²) < 4.78 is 12.1. The van der Waals surface area contributed by atoms with Crippen LogP contribution in [-0.2, 0) is 17.9 Å². The van der Waals surface area contributed by atoms with Crippen molar-refractivity contribution in [3.8, 4) is 0 Å². The number of halogens is 1. The molecule has 3 rings (SSSR count). The van der Waals surface area contributed by atoms with Crippen molar-refractivity contribution >= 4 is 17.3 Å². The number of benzene rings is 1. The molecule has 0 atom stereocenters. The van der Waals surface area contributed by atoms with E-state index in [0.29, 0.717) is 32.0 Å². The molecule has 0 amide bonds. The van der Waals surface area contributed by atoms with E-state index in [1.807, 2.05) is 42.5 Å². The third-order valence-electron chi connectivity index (χ3n) is 3.77. The molecule has 26 heavy (non-hydrogen) atoms. The molecule has 1 aromatic carbocycles. The molecule has 0 fully saturated rings. The predicted molar refractivity (Wildman–Crippen MR) is 101 cm³/mol. The summed E-state index contributed by atoms with van der Waals surface area (Å²) in [6.07, 6.45) is 3.97. The third kappa shape index (κ3) is 4.97. The van der Waals surface area contributed by atoms with Gasteiger partial charge in [-0.05, 0) is 24.1 Å². The van der Waals surface area contributed by atoms with Crippen molar-refractivity contribution in [3.63, 3.8) is 0 Å². The highest BCUT2D eigenvalue weighted by atomic mass is 35.5. The van der Waals surface area contributed by atoms with E-state index in [2.05, 4.69) is 10.4 Å². The largest absolute Gasteiger partial charge is 0.467 e. The Morgan fingerprint density at radius 3 is 2.81 bits per heavy atom. The second kappa shape index (κ2) is 9.22. The molecule has 0 bridgehead atoms. The monoisotopic (exact) mass is 373 g/mol. The van der Waals surface area contributed by atoms with Gasteiger partial charge in [-0.1, -0.05) is 41.9 Å². The van der Waals surface area contributed by atoms with Crippen molar-refractivity contribution in [1.29, 1.82) is 0 Å².